The standard InChI is InChI=1S/C19H24ClF3N4O/c1-4-16(17(27-11-20)6-5-12(2)28)18(25-3)26-10-13-7-14(19(21,22)23)9-15(24)8-13/h7-9,27H,3-6,10-11,24H2,1-2H3/b17-16-,26-18?. The molecule has 0 heterocycles. The molecule has 0 saturated carbocycles. The molecule has 1 aromatic rings. The second kappa shape index (κ2) is 10.8. The third-order valence-electron chi connectivity index (χ3n) is 3.90. The maximum atomic E-state index is 13.0. The van der Waals surface area contributed by atoms with E-state index in [4.69, 9.17) is 17.3 Å². The van der Waals surface area contributed by atoms with Crippen LogP contribution in [0.1, 0.15) is 44.2 Å². The van der Waals surface area contributed by atoms with Gasteiger partial charge in [-0.2, -0.15) is 13.2 Å². The molecule has 9 heteroatoms. The molecule has 1 rings (SSSR count). The lowest BCUT2D eigenvalue weighted by molar-refractivity contribution is -0.137. The summed E-state index contributed by atoms with van der Waals surface area (Å²) < 4.78 is 38.9. The number of nitrogen functional groups attached to an aromatic ring is 1. The topological polar surface area (TPSA) is 79.8 Å². The summed E-state index contributed by atoms with van der Waals surface area (Å²) in [7, 11) is 0. The first-order valence-electron chi connectivity index (χ1n) is 8.61. The molecule has 0 bridgehead atoms. The molecule has 5 nitrogen and oxygen atoms in total. The Morgan fingerprint density at radius 3 is 2.46 bits per heavy atom. The zero-order valence-corrected chi connectivity index (χ0v) is 16.6. The molecule has 1 aromatic carbocycles. The van der Waals surface area contributed by atoms with E-state index in [1.54, 1.807) is 0 Å². The third kappa shape index (κ3) is 7.34. The number of nitrogens with two attached hydrogens (primary N) is 1. The van der Waals surface area contributed by atoms with Crippen LogP contribution in [0.2, 0.25) is 0 Å². The van der Waals surface area contributed by atoms with Gasteiger partial charge in [-0.05, 0) is 50.2 Å². The van der Waals surface area contributed by atoms with Crippen LogP contribution in [-0.2, 0) is 17.5 Å². The van der Waals surface area contributed by atoms with Crippen LogP contribution in [0.15, 0.2) is 39.5 Å². The Hall–Kier alpha value is -2.35. The number of carbonyl (C=O) groups is 1. The Kier molecular flexibility index (Phi) is 9.18. The van der Waals surface area contributed by atoms with Crippen molar-refractivity contribution in [2.75, 3.05) is 11.7 Å². The van der Waals surface area contributed by atoms with Gasteiger partial charge in [-0.3, -0.25) is 4.99 Å². The summed E-state index contributed by atoms with van der Waals surface area (Å²) in [6.45, 7) is 6.82. The average Bonchev–Trinajstić information content (AvgIpc) is 2.61. The van der Waals surface area contributed by atoms with Crippen LogP contribution in [0.4, 0.5) is 18.9 Å². The number of rotatable bonds is 9. The van der Waals surface area contributed by atoms with Crippen molar-refractivity contribution in [2.45, 2.75) is 45.8 Å². The number of carbonyl (C=O) groups excluding carboxylic acids is 1. The predicted molar refractivity (Wildman–Crippen MR) is 108 cm³/mol. The summed E-state index contributed by atoms with van der Waals surface area (Å²) >= 11 is 5.77. The Labute approximate surface area is 167 Å². The molecule has 3 N–H and O–H groups in total. The second-order valence-corrected chi connectivity index (χ2v) is 6.35. The largest absolute Gasteiger partial charge is 0.416 e. The molecule has 28 heavy (non-hydrogen) atoms. The van der Waals surface area contributed by atoms with Gasteiger partial charge < -0.3 is 15.8 Å². The number of halogens is 4. The summed E-state index contributed by atoms with van der Waals surface area (Å²) in [4.78, 5) is 19.5. The van der Waals surface area contributed by atoms with E-state index < -0.39 is 11.7 Å². The molecule has 0 atom stereocenters. The van der Waals surface area contributed by atoms with Crippen molar-refractivity contribution in [3.05, 3.63) is 40.6 Å². The summed E-state index contributed by atoms with van der Waals surface area (Å²) in [5.41, 5.74) is 6.48. The zero-order valence-electron chi connectivity index (χ0n) is 15.9. The second-order valence-electron chi connectivity index (χ2n) is 6.08. The highest BCUT2D eigenvalue weighted by atomic mass is 35.5. The number of nitrogens with one attached hydrogen (secondary N) is 1. The molecular formula is C19H24ClF3N4O. The number of anilines is 1. The summed E-state index contributed by atoms with van der Waals surface area (Å²) in [6.07, 6.45) is -3.22. The fraction of sp³-hybridized carbons (Fsp3) is 0.421. The van der Waals surface area contributed by atoms with Gasteiger partial charge in [-0.25, -0.2) is 4.99 Å². The van der Waals surface area contributed by atoms with Gasteiger partial charge >= 0.3 is 6.18 Å². The average molecular weight is 417 g/mol. The van der Waals surface area contributed by atoms with Crippen molar-refractivity contribution in [1.82, 2.24) is 5.32 Å². The highest BCUT2D eigenvalue weighted by molar-refractivity contribution is 6.17. The first kappa shape index (κ1) is 23.7. The summed E-state index contributed by atoms with van der Waals surface area (Å²) in [5.74, 6) is 0.309. The fourth-order valence-electron chi connectivity index (χ4n) is 2.61. The van der Waals surface area contributed by atoms with Gasteiger partial charge in [0.15, 0.2) is 5.84 Å². The van der Waals surface area contributed by atoms with E-state index in [0.717, 1.165) is 12.1 Å². The van der Waals surface area contributed by atoms with Crippen molar-refractivity contribution >= 4 is 35.6 Å². The Bertz CT molecular complexity index is 773. The van der Waals surface area contributed by atoms with E-state index >= 15 is 0 Å². The highest BCUT2D eigenvalue weighted by Gasteiger charge is 2.31. The van der Waals surface area contributed by atoms with Gasteiger partial charge in [-0.15, -0.1) is 11.6 Å². The lowest BCUT2D eigenvalue weighted by atomic mass is 10.0. The minimum absolute atomic E-state index is 0.00495. The number of benzene rings is 1. The maximum Gasteiger partial charge on any atom is 0.416 e. The molecule has 0 aliphatic heterocycles. The number of nitrogens with zero attached hydrogens (tertiary/aromatic N) is 2. The molecule has 0 amide bonds. The van der Waals surface area contributed by atoms with Crippen LogP contribution in [0.3, 0.4) is 0 Å². The first-order valence-corrected chi connectivity index (χ1v) is 9.15. The summed E-state index contributed by atoms with van der Waals surface area (Å²) in [6, 6.07) is 3.44. The number of Topliss-reactive ketones (excluding diaryl/α,β-unsaturated/α-hetero) is 1. The minimum atomic E-state index is -4.49. The van der Waals surface area contributed by atoms with E-state index in [9.17, 15) is 18.0 Å². The number of hydrogen-bond acceptors (Lipinski definition) is 4. The van der Waals surface area contributed by atoms with Crippen molar-refractivity contribution in [1.29, 1.82) is 0 Å². The number of alkyl halides is 4. The Morgan fingerprint density at radius 1 is 1.29 bits per heavy atom. The molecular weight excluding hydrogens is 393 g/mol. The van der Waals surface area contributed by atoms with Crippen LogP contribution in [0.5, 0.6) is 0 Å². The van der Waals surface area contributed by atoms with Crippen LogP contribution in [0, 0.1) is 0 Å². The highest BCUT2D eigenvalue weighted by Crippen LogP contribution is 2.31. The van der Waals surface area contributed by atoms with Gasteiger partial charge in [0, 0.05) is 23.4 Å². The monoisotopic (exact) mass is 416 g/mol. The molecule has 0 unspecified atom stereocenters. The van der Waals surface area contributed by atoms with Crippen LogP contribution in [-0.4, -0.2) is 24.3 Å². The van der Waals surface area contributed by atoms with Crippen LogP contribution in [0.25, 0.3) is 0 Å². The zero-order chi connectivity index (χ0) is 21.3. The van der Waals surface area contributed by atoms with Crippen LogP contribution < -0.4 is 11.1 Å². The smallest absolute Gasteiger partial charge is 0.399 e. The molecule has 0 radical (unpaired) electrons. The van der Waals surface area contributed by atoms with E-state index in [1.165, 1.54) is 13.0 Å². The normalized spacial score (nSPS) is 13.1. The number of allylic oxidation sites excluding steroid dienone is 1. The first-order chi connectivity index (χ1) is 13.1. The van der Waals surface area contributed by atoms with E-state index in [2.05, 4.69) is 22.0 Å². The van der Waals surface area contributed by atoms with Crippen molar-refractivity contribution in [2.24, 2.45) is 9.98 Å². The minimum Gasteiger partial charge on any atom is -0.399 e. The molecule has 0 aliphatic rings. The van der Waals surface area contributed by atoms with Gasteiger partial charge in [0.2, 0.25) is 0 Å². The fourth-order valence-corrected chi connectivity index (χ4v) is 2.78. The molecule has 0 aliphatic carbocycles. The maximum absolute atomic E-state index is 13.0. The molecule has 0 aromatic heterocycles. The predicted octanol–water partition coefficient (Wildman–Crippen LogP) is 4.71. The number of amidine groups is 1. The molecule has 0 spiro atoms. The quantitative estimate of drug-likeness (QED) is 0.201. The number of aliphatic imine (C=N–C) groups is 2. The van der Waals surface area contributed by atoms with Crippen molar-refractivity contribution < 1.29 is 18.0 Å². The lowest BCUT2D eigenvalue weighted by Crippen LogP contribution is -2.17. The summed E-state index contributed by atoms with van der Waals surface area (Å²) in [5, 5.41) is 3.00. The molecule has 154 valence electrons. The van der Waals surface area contributed by atoms with Crippen molar-refractivity contribution in [3.63, 3.8) is 0 Å². The van der Waals surface area contributed by atoms with Crippen molar-refractivity contribution in [3.8, 4) is 0 Å². The van der Waals surface area contributed by atoms with Gasteiger partial charge in [-0.1, -0.05) is 6.92 Å². The third-order valence-corrected chi connectivity index (χ3v) is 4.03. The number of hydrogen-bond donors (Lipinski definition) is 2. The van der Waals surface area contributed by atoms with E-state index in [0.29, 0.717) is 36.1 Å². The molecule has 0 saturated heterocycles. The number of ketones is 1. The Balaban J connectivity index is 3.24. The van der Waals surface area contributed by atoms with E-state index in [-0.39, 0.29) is 29.9 Å². The van der Waals surface area contributed by atoms with E-state index in [1.807, 2.05) is 6.92 Å². The Morgan fingerprint density at radius 2 is 1.96 bits per heavy atom. The van der Waals surface area contributed by atoms with Gasteiger partial charge in [0.1, 0.15) is 5.78 Å². The van der Waals surface area contributed by atoms with Gasteiger partial charge in [0.05, 0.1) is 18.1 Å². The van der Waals surface area contributed by atoms with Crippen LogP contribution >= 0.6 is 11.6 Å². The SMILES string of the molecule is C=NC(=NCc1cc(N)cc(C(F)(F)F)c1)/C(CC)=C(/CCC(C)=O)NCCl. The lowest BCUT2D eigenvalue weighted by Gasteiger charge is -2.15. The molecule has 0 fully saturated rings. The van der Waals surface area contributed by atoms with Gasteiger partial charge in [0.25, 0.3) is 0 Å².